The fraction of sp³-hybridized carbons (Fsp3) is 0.611. The van der Waals surface area contributed by atoms with Crippen molar-refractivity contribution in [3.8, 4) is 0 Å². The highest BCUT2D eigenvalue weighted by Gasteiger charge is 2.62. The summed E-state index contributed by atoms with van der Waals surface area (Å²) in [6, 6.07) is 10.4. The lowest BCUT2D eigenvalue weighted by atomic mass is 9.56. The van der Waals surface area contributed by atoms with E-state index >= 15 is 0 Å². The standard InChI is InChI=1S/C18H26N2O2/c1-17(2,3)22-16(21)18(19)14-9-15(18)12-20(11-14)10-13-7-5-4-6-8-13/h4-8,14-15H,9-12,19H2,1-3H3. The first-order valence-corrected chi connectivity index (χ1v) is 8.07. The molecule has 2 aliphatic heterocycles. The van der Waals surface area contributed by atoms with Crippen LogP contribution in [0.3, 0.4) is 0 Å². The van der Waals surface area contributed by atoms with E-state index in [1.54, 1.807) is 0 Å². The Morgan fingerprint density at radius 3 is 2.41 bits per heavy atom. The molecule has 1 aromatic carbocycles. The Morgan fingerprint density at radius 1 is 1.27 bits per heavy atom. The Kier molecular flexibility index (Phi) is 3.77. The molecule has 2 saturated heterocycles. The van der Waals surface area contributed by atoms with Crippen molar-refractivity contribution in [2.24, 2.45) is 17.6 Å². The summed E-state index contributed by atoms with van der Waals surface area (Å²) in [5.74, 6) is 0.204. The van der Waals surface area contributed by atoms with Crippen LogP contribution in [0.1, 0.15) is 32.8 Å². The van der Waals surface area contributed by atoms with Crippen LogP contribution in [0, 0.1) is 11.8 Å². The molecule has 3 aliphatic rings. The summed E-state index contributed by atoms with van der Waals surface area (Å²) in [4.78, 5) is 14.9. The van der Waals surface area contributed by atoms with Gasteiger partial charge in [0.2, 0.25) is 0 Å². The highest BCUT2D eigenvalue weighted by Crippen LogP contribution is 2.48. The van der Waals surface area contributed by atoms with Gasteiger partial charge in [-0.3, -0.25) is 9.69 Å². The molecule has 2 N–H and O–H groups in total. The number of piperidine rings is 2. The summed E-state index contributed by atoms with van der Waals surface area (Å²) < 4.78 is 5.55. The maximum absolute atomic E-state index is 12.5. The first kappa shape index (κ1) is 15.5. The number of rotatable bonds is 3. The van der Waals surface area contributed by atoms with Gasteiger partial charge in [-0.25, -0.2) is 0 Å². The molecule has 3 fully saturated rings. The van der Waals surface area contributed by atoms with Crippen LogP contribution in [-0.4, -0.2) is 35.1 Å². The molecule has 2 atom stereocenters. The minimum absolute atomic E-state index is 0.213. The van der Waals surface area contributed by atoms with Gasteiger partial charge in [-0.05, 0) is 32.8 Å². The lowest BCUT2D eigenvalue weighted by Crippen LogP contribution is -2.75. The van der Waals surface area contributed by atoms with Crippen LogP contribution in [0.25, 0.3) is 0 Å². The van der Waals surface area contributed by atoms with Gasteiger partial charge < -0.3 is 10.5 Å². The normalized spacial score (nSPS) is 31.5. The van der Waals surface area contributed by atoms with Crippen molar-refractivity contribution < 1.29 is 9.53 Å². The molecule has 0 amide bonds. The minimum atomic E-state index is -0.777. The van der Waals surface area contributed by atoms with Crippen molar-refractivity contribution in [2.45, 2.75) is 44.9 Å². The molecule has 22 heavy (non-hydrogen) atoms. The summed E-state index contributed by atoms with van der Waals surface area (Å²) in [6.07, 6.45) is 1.04. The third-order valence-corrected chi connectivity index (χ3v) is 4.88. The predicted octanol–water partition coefficient (Wildman–Crippen LogP) is 2.18. The van der Waals surface area contributed by atoms with E-state index in [0.717, 1.165) is 26.1 Å². The lowest BCUT2D eigenvalue weighted by molar-refractivity contribution is -0.182. The molecule has 4 nitrogen and oxygen atoms in total. The van der Waals surface area contributed by atoms with Crippen molar-refractivity contribution in [3.05, 3.63) is 35.9 Å². The van der Waals surface area contributed by atoms with Gasteiger partial charge in [0.15, 0.2) is 0 Å². The van der Waals surface area contributed by atoms with Crippen LogP contribution < -0.4 is 5.73 Å². The van der Waals surface area contributed by atoms with Crippen LogP contribution in [0.4, 0.5) is 0 Å². The second-order valence-corrected chi connectivity index (χ2v) is 7.74. The zero-order valence-electron chi connectivity index (χ0n) is 13.7. The third kappa shape index (κ3) is 2.77. The van der Waals surface area contributed by atoms with E-state index < -0.39 is 11.1 Å². The zero-order chi connectivity index (χ0) is 16.0. The first-order chi connectivity index (χ1) is 10.3. The topological polar surface area (TPSA) is 55.6 Å². The van der Waals surface area contributed by atoms with Crippen LogP contribution in [0.5, 0.6) is 0 Å². The first-order valence-electron chi connectivity index (χ1n) is 8.07. The van der Waals surface area contributed by atoms with Gasteiger partial charge in [-0.15, -0.1) is 0 Å². The summed E-state index contributed by atoms with van der Waals surface area (Å²) in [6.45, 7) is 8.36. The Hall–Kier alpha value is -1.39. The molecular formula is C18H26N2O2. The molecular weight excluding hydrogens is 276 g/mol. The van der Waals surface area contributed by atoms with E-state index in [1.807, 2.05) is 26.8 Å². The minimum Gasteiger partial charge on any atom is -0.459 e. The molecule has 4 rings (SSSR count). The van der Waals surface area contributed by atoms with Crippen molar-refractivity contribution >= 4 is 5.97 Å². The molecule has 4 heteroatoms. The van der Waals surface area contributed by atoms with Gasteiger partial charge >= 0.3 is 5.97 Å². The Bertz CT molecular complexity index is 538. The highest BCUT2D eigenvalue weighted by atomic mass is 16.6. The average Bonchev–Trinajstić information content (AvgIpc) is 2.45. The summed E-state index contributed by atoms with van der Waals surface area (Å²) in [5.41, 5.74) is 6.51. The van der Waals surface area contributed by atoms with Crippen LogP contribution >= 0.6 is 0 Å². The van der Waals surface area contributed by atoms with Crippen molar-refractivity contribution in [1.82, 2.24) is 4.90 Å². The second-order valence-electron chi connectivity index (χ2n) is 7.74. The molecule has 1 saturated carbocycles. The number of carbonyl (C=O) groups excluding carboxylic acids is 1. The van der Waals surface area contributed by atoms with Gasteiger partial charge in [0.25, 0.3) is 0 Å². The van der Waals surface area contributed by atoms with Crippen LogP contribution in [-0.2, 0) is 16.1 Å². The van der Waals surface area contributed by atoms with Gasteiger partial charge in [-0.2, -0.15) is 0 Å². The van der Waals surface area contributed by atoms with Gasteiger partial charge in [0, 0.05) is 31.5 Å². The number of esters is 1. The quantitative estimate of drug-likeness (QED) is 0.870. The van der Waals surface area contributed by atoms with Gasteiger partial charge in [0.1, 0.15) is 11.1 Å². The van der Waals surface area contributed by atoms with E-state index in [0.29, 0.717) is 0 Å². The summed E-state index contributed by atoms with van der Waals surface area (Å²) in [5, 5.41) is 0. The van der Waals surface area contributed by atoms with Gasteiger partial charge in [-0.1, -0.05) is 30.3 Å². The Morgan fingerprint density at radius 2 is 1.86 bits per heavy atom. The smallest absolute Gasteiger partial charge is 0.327 e. The lowest BCUT2D eigenvalue weighted by Gasteiger charge is -2.58. The molecule has 0 spiro atoms. The van der Waals surface area contributed by atoms with Crippen LogP contribution in [0.15, 0.2) is 30.3 Å². The van der Waals surface area contributed by atoms with E-state index in [9.17, 15) is 4.79 Å². The largest absolute Gasteiger partial charge is 0.459 e. The molecule has 0 radical (unpaired) electrons. The molecule has 2 unspecified atom stereocenters. The molecule has 2 bridgehead atoms. The SMILES string of the molecule is CC(C)(C)OC(=O)C1(N)C2CC1CN(Cc1ccccc1)C2. The molecule has 2 heterocycles. The maximum atomic E-state index is 12.5. The van der Waals surface area contributed by atoms with Crippen LogP contribution in [0.2, 0.25) is 0 Å². The number of benzene rings is 1. The average molecular weight is 302 g/mol. The molecule has 1 aliphatic carbocycles. The fourth-order valence-electron chi connectivity index (χ4n) is 3.73. The van der Waals surface area contributed by atoms with Crippen molar-refractivity contribution in [3.63, 3.8) is 0 Å². The zero-order valence-corrected chi connectivity index (χ0v) is 13.7. The number of nitrogens with two attached hydrogens (primary N) is 1. The number of carbonyl (C=O) groups is 1. The van der Waals surface area contributed by atoms with E-state index in [-0.39, 0.29) is 17.8 Å². The Balaban J connectivity index is 1.63. The Labute approximate surface area is 132 Å². The van der Waals surface area contributed by atoms with E-state index in [1.165, 1.54) is 5.56 Å². The van der Waals surface area contributed by atoms with Crippen molar-refractivity contribution in [1.29, 1.82) is 0 Å². The molecule has 0 aromatic heterocycles. The molecule has 120 valence electrons. The highest BCUT2D eigenvalue weighted by molar-refractivity contribution is 5.83. The van der Waals surface area contributed by atoms with Crippen molar-refractivity contribution in [2.75, 3.05) is 13.1 Å². The summed E-state index contributed by atoms with van der Waals surface area (Å²) >= 11 is 0. The molecule has 1 aromatic rings. The van der Waals surface area contributed by atoms with E-state index in [2.05, 4.69) is 29.2 Å². The number of hydrogen-bond acceptors (Lipinski definition) is 4. The monoisotopic (exact) mass is 302 g/mol. The number of ether oxygens (including phenoxy) is 1. The van der Waals surface area contributed by atoms with Gasteiger partial charge in [0.05, 0.1) is 0 Å². The summed E-state index contributed by atoms with van der Waals surface area (Å²) in [7, 11) is 0. The predicted molar refractivity (Wildman–Crippen MR) is 86.1 cm³/mol. The number of nitrogens with zero attached hydrogens (tertiary/aromatic N) is 1. The number of hydrogen-bond donors (Lipinski definition) is 1. The van der Waals surface area contributed by atoms with E-state index in [4.69, 9.17) is 10.5 Å². The third-order valence-electron chi connectivity index (χ3n) is 4.88. The fourth-order valence-corrected chi connectivity index (χ4v) is 3.73. The number of fused-ring (bicyclic) bond motifs is 2. The second kappa shape index (κ2) is 5.36. The maximum Gasteiger partial charge on any atom is 0.327 e.